The van der Waals surface area contributed by atoms with Crippen molar-refractivity contribution in [1.29, 1.82) is 0 Å². The van der Waals surface area contributed by atoms with Crippen LogP contribution in [0.25, 0.3) is 0 Å². The van der Waals surface area contributed by atoms with Crippen molar-refractivity contribution in [1.82, 2.24) is 5.32 Å². The zero-order chi connectivity index (χ0) is 12.0. The van der Waals surface area contributed by atoms with Crippen molar-refractivity contribution in [2.45, 2.75) is 6.54 Å². The maximum atomic E-state index is 5.41. The van der Waals surface area contributed by atoms with Gasteiger partial charge in [-0.25, -0.2) is 0 Å². The van der Waals surface area contributed by atoms with Gasteiger partial charge in [0, 0.05) is 6.54 Å². The molecule has 0 saturated heterocycles. The molecule has 1 aromatic carbocycles. The lowest BCUT2D eigenvalue weighted by molar-refractivity contribution is 0.328. The second kappa shape index (κ2) is 8.24. The van der Waals surface area contributed by atoms with E-state index in [-0.39, 0.29) is 19.0 Å². The van der Waals surface area contributed by atoms with Gasteiger partial charge in [0.2, 0.25) is 0 Å². The van der Waals surface area contributed by atoms with Crippen molar-refractivity contribution in [3.05, 3.63) is 22.2 Å². The van der Waals surface area contributed by atoms with Crippen LogP contribution in [0.15, 0.2) is 16.6 Å². The zero-order valence-electron chi connectivity index (χ0n) is 9.75. The van der Waals surface area contributed by atoms with E-state index < -0.39 is 0 Å². The molecule has 0 unspecified atom stereocenters. The summed E-state index contributed by atoms with van der Waals surface area (Å²) < 4.78 is 11.5. The largest absolute Gasteiger partial charge is 0.493 e. The highest BCUT2D eigenvalue weighted by Gasteiger charge is 2.10. The maximum absolute atomic E-state index is 5.41. The van der Waals surface area contributed by atoms with Gasteiger partial charge >= 0.3 is 0 Å². The Balaban J connectivity index is 0.00000256. The molecule has 0 radical (unpaired) electrons. The van der Waals surface area contributed by atoms with Crippen LogP contribution in [-0.4, -0.2) is 20.8 Å². The Labute approximate surface area is 116 Å². The smallest absolute Gasteiger partial charge is 0.176 e. The Morgan fingerprint density at radius 2 is 2.18 bits per heavy atom. The molecule has 5 heteroatoms. The van der Waals surface area contributed by atoms with E-state index >= 15 is 0 Å². The zero-order valence-corrected chi connectivity index (χ0v) is 12.2. The third-order valence-electron chi connectivity index (χ3n) is 1.97. The lowest BCUT2D eigenvalue weighted by atomic mass is 10.2. The second-order valence-electron chi connectivity index (χ2n) is 3.13. The van der Waals surface area contributed by atoms with Gasteiger partial charge in [-0.1, -0.05) is 5.92 Å². The summed E-state index contributed by atoms with van der Waals surface area (Å²) in [6.45, 7) is 0.991. The third-order valence-corrected chi connectivity index (χ3v) is 2.56. The first-order chi connectivity index (χ1) is 7.72. The van der Waals surface area contributed by atoms with Crippen LogP contribution in [0.3, 0.4) is 0 Å². The number of halogens is 2. The van der Waals surface area contributed by atoms with Gasteiger partial charge in [0.05, 0.1) is 11.6 Å². The van der Waals surface area contributed by atoms with E-state index in [0.717, 1.165) is 16.6 Å². The Morgan fingerprint density at radius 1 is 1.47 bits per heavy atom. The molecule has 0 fully saturated rings. The molecule has 94 valence electrons. The SMILES string of the molecule is C#CCOc1c(Br)cc(CNC)cc1OC.Cl. The van der Waals surface area contributed by atoms with Crippen molar-refractivity contribution in [2.75, 3.05) is 20.8 Å². The van der Waals surface area contributed by atoms with Crippen LogP contribution >= 0.6 is 28.3 Å². The lowest BCUT2D eigenvalue weighted by Crippen LogP contribution is -2.06. The summed E-state index contributed by atoms with van der Waals surface area (Å²) in [5.41, 5.74) is 1.11. The highest BCUT2D eigenvalue weighted by atomic mass is 79.9. The second-order valence-corrected chi connectivity index (χ2v) is 3.99. The van der Waals surface area contributed by atoms with E-state index in [9.17, 15) is 0 Å². The molecule has 0 atom stereocenters. The molecular weight excluding hydrogens is 305 g/mol. The molecule has 3 nitrogen and oxygen atoms in total. The number of benzene rings is 1. The van der Waals surface area contributed by atoms with Crippen LogP contribution in [0.5, 0.6) is 11.5 Å². The molecule has 0 aliphatic carbocycles. The van der Waals surface area contributed by atoms with E-state index in [1.54, 1.807) is 7.11 Å². The van der Waals surface area contributed by atoms with Gasteiger partial charge in [-0.05, 0) is 40.7 Å². The summed E-state index contributed by atoms with van der Waals surface area (Å²) in [7, 11) is 3.50. The fourth-order valence-electron chi connectivity index (χ4n) is 1.33. The molecule has 1 rings (SSSR count). The molecular formula is C12H15BrClNO2. The molecule has 1 aromatic rings. The first-order valence-electron chi connectivity index (χ1n) is 4.80. The van der Waals surface area contributed by atoms with Gasteiger partial charge in [0.25, 0.3) is 0 Å². The maximum Gasteiger partial charge on any atom is 0.176 e. The predicted octanol–water partition coefficient (Wildman–Crippen LogP) is 2.61. The molecule has 0 spiro atoms. The number of hydrogen-bond donors (Lipinski definition) is 1. The molecule has 0 aliphatic heterocycles. The van der Waals surface area contributed by atoms with Gasteiger partial charge in [0.1, 0.15) is 6.61 Å². The van der Waals surface area contributed by atoms with E-state index in [1.807, 2.05) is 19.2 Å². The van der Waals surface area contributed by atoms with Crippen LogP contribution in [0, 0.1) is 12.3 Å². The molecule has 0 heterocycles. The summed E-state index contributed by atoms with van der Waals surface area (Å²) in [5, 5.41) is 3.08. The minimum absolute atomic E-state index is 0. The van der Waals surface area contributed by atoms with Crippen molar-refractivity contribution < 1.29 is 9.47 Å². The summed E-state index contributed by atoms with van der Waals surface area (Å²) in [5.74, 6) is 3.74. The fraction of sp³-hybridized carbons (Fsp3) is 0.333. The molecule has 0 saturated carbocycles. The van der Waals surface area contributed by atoms with Crippen LogP contribution in [0.4, 0.5) is 0 Å². The number of ether oxygens (including phenoxy) is 2. The summed E-state index contributed by atoms with van der Waals surface area (Å²) in [6, 6.07) is 3.90. The van der Waals surface area contributed by atoms with Gasteiger partial charge in [-0.2, -0.15) is 0 Å². The predicted molar refractivity (Wildman–Crippen MR) is 75.0 cm³/mol. The summed E-state index contributed by atoms with van der Waals surface area (Å²) in [6.07, 6.45) is 5.15. The molecule has 17 heavy (non-hydrogen) atoms. The minimum Gasteiger partial charge on any atom is -0.493 e. The van der Waals surface area contributed by atoms with Crippen LogP contribution in [0.2, 0.25) is 0 Å². The normalized spacial score (nSPS) is 9.06. The standard InChI is InChI=1S/C12H14BrNO2.ClH/c1-4-5-16-12-10(13)6-9(8-14-2)7-11(12)15-3;/h1,6-7,14H,5,8H2,2-3H3;1H. The monoisotopic (exact) mass is 319 g/mol. The molecule has 0 bridgehead atoms. The topological polar surface area (TPSA) is 30.5 Å². The number of methoxy groups -OCH3 is 1. The van der Waals surface area contributed by atoms with E-state index in [2.05, 4.69) is 27.2 Å². The third kappa shape index (κ3) is 4.47. The Bertz CT molecular complexity index is 404. The number of hydrogen-bond acceptors (Lipinski definition) is 3. The molecule has 0 aromatic heterocycles. The van der Waals surface area contributed by atoms with Gasteiger partial charge in [0.15, 0.2) is 11.5 Å². The van der Waals surface area contributed by atoms with Gasteiger partial charge < -0.3 is 14.8 Å². The Hall–Kier alpha value is -0.890. The lowest BCUT2D eigenvalue weighted by Gasteiger charge is -2.12. The summed E-state index contributed by atoms with van der Waals surface area (Å²) in [4.78, 5) is 0. The Kier molecular flexibility index (Phi) is 7.81. The summed E-state index contributed by atoms with van der Waals surface area (Å²) >= 11 is 3.44. The number of rotatable bonds is 5. The quantitative estimate of drug-likeness (QED) is 0.846. The highest BCUT2D eigenvalue weighted by Crippen LogP contribution is 2.36. The molecule has 0 aliphatic rings. The first kappa shape index (κ1) is 16.1. The van der Waals surface area contributed by atoms with Gasteiger partial charge in [-0.15, -0.1) is 18.8 Å². The molecule has 1 N–H and O–H groups in total. The van der Waals surface area contributed by atoms with E-state index in [0.29, 0.717) is 11.5 Å². The van der Waals surface area contributed by atoms with Gasteiger partial charge in [-0.3, -0.25) is 0 Å². The van der Waals surface area contributed by atoms with E-state index in [4.69, 9.17) is 15.9 Å². The van der Waals surface area contributed by atoms with Crippen molar-refractivity contribution in [3.63, 3.8) is 0 Å². The average Bonchev–Trinajstić information content (AvgIpc) is 2.27. The van der Waals surface area contributed by atoms with Crippen molar-refractivity contribution in [3.8, 4) is 23.8 Å². The number of terminal acetylenes is 1. The van der Waals surface area contributed by atoms with Crippen LogP contribution in [0.1, 0.15) is 5.56 Å². The Morgan fingerprint density at radius 3 is 2.71 bits per heavy atom. The van der Waals surface area contributed by atoms with E-state index in [1.165, 1.54) is 0 Å². The van der Waals surface area contributed by atoms with Crippen LogP contribution in [-0.2, 0) is 6.54 Å². The highest BCUT2D eigenvalue weighted by molar-refractivity contribution is 9.10. The first-order valence-corrected chi connectivity index (χ1v) is 5.59. The average molecular weight is 321 g/mol. The van der Waals surface area contributed by atoms with Crippen molar-refractivity contribution >= 4 is 28.3 Å². The van der Waals surface area contributed by atoms with Crippen LogP contribution < -0.4 is 14.8 Å². The minimum atomic E-state index is 0. The fourth-order valence-corrected chi connectivity index (χ4v) is 1.94. The van der Waals surface area contributed by atoms with Crippen molar-refractivity contribution in [2.24, 2.45) is 0 Å². The number of nitrogens with one attached hydrogen (secondary N) is 1. The molecule has 0 amide bonds.